The van der Waals surface area contributed by atoms with Crippen molar-refractivity contribution in [3.8, 4) is 0 Å². The van der Waals surface area contributed by atoms with E-state index in [1.807, 2.05) is 7.05 Å². The second-order valence-corrected chi connectivity index (χ2v) is 6.22. The van der Waals surface area contributed by atoms with Gasteiger partial charge in [0, 0.05) is 6.61 Å². The second kappa shape index (κ2) is 9.97. The van der Waals surface area contributed by atoms with E-state index in [2.05, 4.69) is 51.2 Å². The molecule has 0 aromatic heterocycles. The highest BCUT2D eigenvalue weighted by Crippen LogP contribution is 2.19. The molecule has 0 aliphatic rings. The summed E-state index contributed by atoms with van der Waals surface area (Å²) in [4.78, 5) is 0. The molecule has 1 aromatic rings. The summed E-state index contributed by atoms with van der Waals surface area (Å²) in [6.07, 6.45) is 5.10. The van der Waals surface area contributed by atoms with E-state index in [4.69, 9.17) is 4.74 Å². The zero-order valence-electron chi connectivity index (χ0n) is 14.5. The number of unbranched alkanes of at least 4 members (excludes halogenated alkanes) is 1. The third kappa shape index (κ3) is 6.62. The average Bonchev–Trinajstić information content (AvgIpc) is 2.45. The van der Waals surface area contributed by atoms with E-state index in [0.717, 1.165) is 13.2 Å². The first-order valence-electron chi connectivity index (χ1n) is 8.43. The number of rotatable bonds is 10. The van der Waals surface area contributed by atoms with Crippen molar-refractivity contribution in [2.45, 2.75) is 59.4 Å². The van der Waals surface area contributed by atoms with Crippen molar-refractivity contribution in [3.63, 3.8) is 0 Å². The zero-order valence-corrected chi connectivity index (χ0v) is 14.5. The predicted molar refractivity (Wildman–Crippen MR) is 91.8 cm³/mol. The Morgan fingerprint density at radius 3 is 2.24 bits per heavy atom. The molecule has 0 heterocycles. The molecule has 0 amide bonds. The Morgan fingerprint density at radius 2 is 1.71 bits per heavy atom. The van der Waals surface area contributed by atoms with Crippen LogP contribution in [0.25, 0.3) is 0 Å². The van der Waals surface area contributed by atoms with Crippen LogP contribution in [0.1, 0.15) is 62.3 Å². The van der Waals surface area contributed by atoms with Gasteiger partial charge in [-0.15, -0.1) is 0 Å². The van der Waals surface area contributed by atoms with Gasteiger partial charge in [0.05, 0.1) is 12.6 Å². The van der Waals surface area contributed by atoms with Crippen LogP contribution < -0.4 is 5.32 Å². The second-order valence-electron chi connectivity index (χ2n) is 6.22. The van der Waals surface area contributed by atoms with E-state index in [0.29, 0.717) is 5.92 Å². The Labute approximate surface area is 131 Å². The fourth-order valence-corrected chi connectivity index (χ4v) is 2.81. The monoisotopic (exact) mass is 291 g/mol. The quantitative estimate of drug-likeness (QED) is 0.669. The minimum absolute atomic E-state index is 0.285. The zero-order chi connectivity index (χ0) is 15.7. The van der Waals surface area contributed by atoms with Crippen LogP contribution in [0.5, 0.6) is 0 Å². The van der Waals surface area contributed by atoms with Gasteiger partial charge in [-0.2, -0.15) is 0 Å². The lowest BCUT2D eigenvalue weighted by Gasteiger charge is -2.20. The maximum Gasteiger partial charge on any atom is 0.0661 e. The fraction of sp³-hybridized carbons (Fsp3) is 0.684. The molecule has 1 aromatic carbocycles. The third-order valence-electron chi connectivity index (χ3n) is 4.18. The molecule has 21 heavy (non-hydrogen) atoms. The van der Waals surface area contributed by atoms with E-state index >= 15 is 0 Å². The highest BCUT2D eigenvalue weighted by Gasteiger charge is 2.12. The smallest absolute Gasteiger partial charge is 0.0661 e. The van der Waals surface area contributed by atoms with Crippen LogP contribution in [0, 0.1) is 19.8 Å². The van der Waals surface area contributed by atoms with Gasteiger partial charge in [0.2, 0.25) is 0 Å². The van der Waals surface area contributed by atoms with E-state index in [1.54, 1.807) is 0 Å². The molecule has 0 aliphatic carbocycles. The Hall–Kier alpha value is -0.860. The molecular formula is C19H33NO. The Balaban J connectivity index is 2.50. The average molecular weight is 291 g/mol. The summed E-state index contributed by atoms with van der Waals surface area (Å²) in [6, 6.07) is 7.01. The highest BCUT2D eigenvalue weighted by atomic mass is 16.5. The summed E-state index contributed by atoms with van der Waals surface area (Å²) < 4.78 is 6.01. The van der Waals surface area contributed by atoms with Gasteiger partial charge in [-0.25, -0.2) is 0 Å². The maximum atomic E-state index is 6.01. The molecule has 2 unspecified atom stereocenters. The van der Waals surface area contributed by atoms with Crippen LogP contribution in [0.3, 0.4) is 0 Å². The van der Waals surface area contributed by atoms with Crippen LogP contribution in [0.15, 0.2) is 18.2 Å². The lowest BCUT2D eigenvalue weighted by atomic mass is 10.00. The number of nitrogens with one attached hydrogen (secondary N) is 1. The number of ether oxygens (including phenoxy) is 1. The number of hydrogen-bond acceptors (Lipinski definition) is 2. The maximum absolute atomic E-state index is 6.01. The molecule has 2 nitrogen and oxygen atoms in total. The molecule has 2 atom stereocenters. The molecule has 1 N–H and O–H groups in total. The van der Waals surface area contributed by atoms with Gasteiger partial charge in [-0.3, -0.25) is 0 Å². The highest BCUT2D eigenvalue weighted by molar-refractivity contribution is 5.30. The molecule has 0 radical (unpaired) electrons. The topological polar surface area (TPSA) is 21.3 Å². The SMILES string of the molecule is CCCCC(CC)COCC(NC)c1cc(C)cc(C)c1. The first-order chi connectivity index (χ1) is 10.1. The van der Waals surface area contributed by atoms with Crippen molar-refractivity contribution in [2.24, 2.45) is 5.92 Å². The van der Waals surface area contributed by atoms with Gasteiger partial charge >= 0.3 is 0 Å². The molecular weight excluding hydrogens is 258 g/mol. The molecule has 0 bridgehead atoms. The van der Waals surface area contributed by atoms with Crippen LogP contribution >= 0.6 is 0 Å². The molecule has 0 spiro atoms. The molecule has 120 valence electrons. The van der Waals surface area contributed by atoms with Crippen LogP contribution in [0.4, 0.5) is 0 Å². The summed E-state index contributed by atoms with van der Waals surface area (Å²) in [5.74, 6) is 0.710. The number of benzene rings is 1. The summed E-state index contributed by atoms with van der Waals surface area (Å²) in [7, 11) is 2.01. The van der Waals surface area contributed by atoms with Gasteiger partial charge < -0.3 is 10.1 Å². The van der Waals surface area contributed by atoms with Crippen molar-refractivity contribution in [3.05, 3.63) is 34.9 Å². The van der Waals surface area contributed by atoms with Gasteiger partial charge in [-0.1, -0.05) is 62.4 Å². The number of hydrogen-bond donors (Lipinski definition) is 1. The van der Waals surface area contributed by atoms with Crippen molar-refractivity contribution in [2.75, 3.05) is 20.3 Å². The Morgan fingerprint density at radius 1 is 1.05 bits per heavy atom. The van der Waals surface area contributed by atoms with E-state index in [9.17, 15) is 0 Å². The summed E-state index contributed by atoms with van der Waals surface area (Å²) >= 11 is 0. The normalized spacial score (nSPS) is 14.1. The van der Waals surface area contributed by atoms with Crippen molar-refractivity contribution < 1.29 is 4.74 Å². The largest absolute Gasteiger partial charge is 0.379 e. The van der Waals surface area contributed by atoms with E-state index in [-0.39, 0.29) is 6.04 Å². The van der Waals surface area contributed by atoms with Gasteiger partial charge in [0.1, 0.15) is 0 Å². The molecule has 0 saturated heterocycles. The van der Waals surface area contributed by atoms with Crippen LogP contribution in [-0.2, 0) is 4.74 Å². The Bertz CT molecular complexity index is 382. The number of likely N-dealkylation sites (N-methyl/N-ethyl adjacent to an activating group) is 1. The minimum atomic E-state index is 0.285. The molecule has 1 rings (SSSR count). The molecule has 0 fully saturated rings. The number of aryl methyl sites for hydroxylation is 2. The first kappa shape index (κ1) is 18.2. The summed E-state index contributed by atoms with van der Waals surface area (Å²) in [6.45, 7) is 10.5. The van der Waals surface area contributed by atoms with E-state index in [1.165, 1.54) is 42.4 Å². The van der Waals surface area contributed by atoms with Crippen LogP contribution in [-0.4, -0.2) is 20.3 Å². The molecule has 0 saturated carbocycles. The summed E-state index contributed by atoms with van der Waals surface area (Å²) in [5, 5.41) is 3.38. The van der Waals surface area contributed by atoms with Crippen LogP contribution in [0.2, 0.25) is 0 Å². The summed E-state index contributed by atoms with van der Waals surface area (Å²) in [5.41, 5.74) is 3.97. The predicted octanol–water partition coefficient (Wildman–Crippen LogP) is 4.80. The first-order valence-corrected chi connectivity index (χ1v) is 8.43. The standard InChI is InChI=1S/C19H33NO/c1-6-8-9-17(7-2)13-21-14-19(20-5)18-11-15(3)10-16(4)12-18/h10-12,17,19-20H,6-9,13-14H2,1-5H3. The van der Waals surface area contributed by atoms with E-state index < -0.39 is 0 Å². The molecule has 2 heteroatoms. The lowest BCUT2D eigenvalue weighted by molar-refractivity contribution is 0.0781. The van der Waals surface area contributed by atoms with Crippen molar-refractivity contribution in [1.29, 1.82) is 0 Å². The Kier molecular flexibility index (Phi) is 8.63. The van der Waals surface area contributed by atoms with Crippen molar-refractivity contribution in [1.82, 2.24) is 5.32 Å². The lowest BCUT2D eigenvalue weighted by Crippen LogP contribution is -2.23. The fourth-order valence-electron chi connectivity index (χ4n) is 2.81. The van der Waals surface area contributed by atoms with Gasteiger partial charge in [0.15, 0.2) is 0 Å². The minimum Gasteiger partial charge on any atom is -0.379 e. The van der Waals surface area contributed by atoms with Crippen molar-refractivity contribution >= 4 is 0 Å². The van der Waals surface area contributed by atoms with Gasteiger partial charge in [-0.05, 0) is 38.8 Å². The molecule has 0 aliphatic heterocycles. The van der Waals surface area contributed by atoms with Gasteiger partial charge in [0.25, 0.3) is 0 Å². The third-order valence-corrected chi connectivity index (χ3v) is 4.18.